The molecule has 0 bridgehead atoms. The van der Waals surface area contributed by atoms with Crippen molar-refractivity contribution >= 4 is 5.91 Å². The first-order valence-corrected chi connectivity index (χ1v) is 6.30. The van der Waals surface area contributed by atoms with Gasteiger partial charge in [-0.2, -0.15) is 0 Å². The minimum Gasteiger partial charge on any atom is -0.347 e. The Hall–Kier alpha value is -2.58. The van der Waals surface area contributed by atoms with E-state index in [2.05, 4.69) is 27.1 Å². The minimum atomic E-state index is -0.184. The van der Waals surface area contributed by atoms with Gasteiger partial charge >= 0.3 is 0 Å². The average molecular weight is 268 g/mol. The SMILES string of the molecule is CC(NC(=O)c1cccc(C#CCN)c1)c1ncc[nH]1. The van der Waals surface area contributed by atoms with E-state index in [1.54, 1.807) is 30.6 Å². The molecule has 0 radical (unpaired) electrons. The maximum absolute atomic E-state index is 12.2. The molecular formula is C15H16N4O. The molecule has 2 rings (SSSR count). The lowest BCUT2D eigenvalue weighted by atomic mass is 10.1. The van der Waals surface area contributed by atoms with Gasteiger partial charge in [0.2, 0.25) is 0 Å². The molecule has 4 N–H and O–H groups in total. The van der Waals surface area contributed by atoms with Crippen LogP contribution in [0.1, 0.15) is 34.7 Å². The van der Waals surface area contributed by atoms with Crippen LogP contribution in [0.2, 0.25) is 0 Å². The van der Waals surface area contributed by atoms with Crippen molar-refractivity contribution in [2.75, 3.05) is 6.54 Å². The summed E-state index contributed by atoms with van der Waals surface area (Å²) in [5.74, 6) is 6.23. The van der Waals surface area contributed by atoms with Gasteiger partial charge in [-0.1, -0.05) is 17.9 Å². The van der Waals surface area contributed by atoms with Crippen molar-refractivity contribution in [3.8, 4) is 11.8 Å². The number of hydrogen-bond acceptors (Lipinski definition) is 3. The van der Waals surface area contributed by atoms with Crippen molar-refractivity contribution in [2.24, 2.45) is 5.73 Å². The minimum absolute atomic E-state index is 0.162. The summed E-state index contributed by atoms with van der Waals surface area (Å²) >= 11 is 0. The van der Waals surface area contributed by atoms with E-state index >= 15 is 0 Å². The van der Waals surface area contributed by atoms with Gasteiger partial charge in [-0.15, -0.1) is 0 Å². The van der Waals surface area contributed by atoms with E-state index in [1.807, 2.05) is 13.0 Å². The fourth-order valence-electron chi connectivity index (χ4n) is 1.75. The largest absolute Gasteiger partial charge is 0.347 e. The zero-order chi connectivity index (χ0) is 14.4. The molecule has 2 aromatic rings. The third kappa shape index (κ3) is 3.46. The van der Waals surface area contributed by atoms with E-state index in [0.29, 0.717) is 12.1 Å². The van der Waals surface area contributed by atoms with Crippen LogP contribution in [0.5, 0.6) is 0 Å². The molecule has 1 heterocycles. The van der Waals surface area contributed by atoms with Crippen molar-refractivity contribution in [3.05, 3.63) is 53.6 Å². The molecule has 0 fully saturated rings. The van der Waals surface area contributed by atoms with E-state index in [9.17, 15) is 4.79 Å². The number of nitrogens with zero attached hydrogens (tertiary/aromatic N) is 1. The van der Waals surface area contributed by atoms with Gasteiger partial charge in [-0.3, -0.25) is 4.79 Å². The van der Waals surface area contributed by atoms with E-state index in [-0.39, 0.29) is 11.9 Å². The van der Waals surface area contributed by atoms with Gasteiger partial charge in [-0.05, 0) is 25.1 Å². The van der Waals surface area contributed by atoms with Gasteiger partial charge in [-0.25, -0.2) is 4.98 Å². The summed E-state index contributed by atoms with van der Waals surface area (Å²) in [7, 11) is 0. The van der Waals surface area contributed by atoms with Crippen molar-refractivity contribution < 1.29 is 4.79 Å². The summed E-state index contributed by atoms with van der Waals surface area (Å²) < 4.78 is 0. The Morgan fingerprint density at radius 1 is 1.55 bits per heavy atom. The molecule has 1 amide bonds. The van der Waals surface area contributed by atoms with Crippen molar-refractivity contribution in [3.63, 3.8) is 0 Å². The Bertz CT molecular complexity index is 637. The normalized spacial score (nSPS) is 11.3. The van der Waals surface area contributed by atoms with E-state index < -0.39 is 0 Å². The zero-order valence-corrected chi connectivity index (χ0v) is 11.2. The predicted molar refractivity (Wildman–Crippen MR) is 76.8 cm³/mol. The van der Waals surface area contributed by atoms with Gasteiger partial charge in [0.1, 0.15) is 5.82 Å². The van der Waals surface area contributed by atoms with Gasteiger partial charge < -0.3 is 16.0 Å². The third-order valence-electron chi connectivity index (χ3n) is 2.74. The molecule has 0 saturated carbocycles. The molecular weight excluding hydrogens is 252 g/mol. The number of amides is 1. The summed E-state index contributed by atoms with van der Waals surface area (Å²) in [5.41, 5.74) is 6.67. The van der Waals surface area contributed by atoms with Crippen LogP contribution in [0.15, 0.2) is 36.7 Å². The van der Waals surface area contributed by atoms with E-state index in [4.69, 9.17) is 5.73 Å². The molecule has 20 heavy (non-hydrogen) atoms. The molecule has 1 unspecified atom stereocenters. The highest BCUT2D eigenvalue weighted by Gasteiger charge is 2.12. The van der Waals surface area contributed by atoms with Crippen LogP contribution in [0.25, 0.3) is 0 Å². The molecule has 0 aliphatic heterocycles. The summed E-state index contributed by atoms with van der Waals surface area (Å²) in [6, 6.07) is 6.95. The van der Waals surface area contributed by atoms with Crippen molar-refractivity contribution in [1.82, 2.24) is 15.3 Å². The van der Waals surface area contributed by atoms with E-state index in [0.717, 1.165) is 11.4 Å². The van der Waals surface area contributed by atoms with Crippen LogP contribution in [-0.2, 0) is 0 Å². The molecule has 5 nitrogen and oxygen atoms in total. The van der Waals surface area contributed by atoms with Gasteiger partial charge in [0.05, 0.1) is 12.6 Å². The number of nitrogens with one attached hydrogen (secondary N) is 2. The Kier molecular flexibility index (Phi) is 4.53. The number of H-pyrrole nitrogens is 1. The van der Waals surface area contributed by atoms with Gasteiger partial charge in [0.25, 0.3) is 5.91 Å². The monoisotopic (exact) mass is 268 g/mol. The molecule has 0 spiro atoms. The number of benzene rings is 1. The molecule has 1 aromatic heterocycles. The Morgan fingerprint density at radius 3 is 3.10 bits per heavy atom. The molecule has 1 atom stereocenters. The summed E-state index contributed by atoms with van der Waals surface area (Å²) in [4.78, 5) is 19.2. The van der Waals surface area contributed by atoms with Crippen LogP contribution in [0.3, 0.4) is 0 Å². The van der Waals surface area contributed by atoms with Crippen LogP contribution in [0.4, 0.5) is 0 Å². The fraction of sp³-hybridized carbons (Fsp3) is 0.200. The number of imidazole rings is 1. The Morgan fingerprint density at radius 2 is 2.40 bits per heavy atom. The van der Waals surface area contributed by atoms with Crippen molar-refractivity contribution in [2.45, 2.75) is 13.0 Å². The number of carbonyl (C=O) groups is 1. The van der Waals surface area contributed by atoms with Crippen LogP contribution in [0, 0.1) is 11.8 Å². The third-order valence-corrected chi connectivity index (χ3v) is 2.74. The second kappa shape index (κ2) is 6.55. The number of hydrogen-bond donors (Lipinski definition) is 3. The van der Waals surface area contributed by atoms with Gasteiger partial charge in [0, 0.05) is 23.5 Å². The van der Waals surface area contributed by atoms with Crippen molar-refractivity contribution in [1.29, 1.82) is 0 Å². The Labute approximate surface area is 117 Å². The zero-order valence-electron chi connectivity index (χ0n) is 11.2. The molecule has 102 valence electrons. The van der Waals surface area contributed by atoms with Crippen LogP contribution in [-0.4, -0.2) is 22.4 Å². The predicted octanol–water partition coefficient (Wildman–Crippen LogP) is 1.21. The topological polar surface area (TPSA) is 83.8 Å². The fourth-order valence-corrected chi connectivity index (χ4v) is 1.75. The number of carbonyl (C=O) groups excluding carboxylic acids is 1. The molecule has 0 saturated heterocycles. The first-order chi connectivity index (χ1) is 9.70. The Balaban J connectivity index is 2.09. The number of nitrogens with two attached hydrogens (primary N) is 1. The number of rotatable bonds is 3. The second-order valence-electron chi connectivity index (χ2n) is 4.26. The maximum Gasteiger partial charge on any atom is 0.251 e. The average Bonchev–Trinajstić information content (AvgIpc) is 2.99. The second-order valence-corrected chi connectivity index (χ2v) is 4.26. The highest BCUT2D eigenvalue weighted by atomic mass is 16.1. The summed E-state index contributed by atoms with van der Waals surface area (Å²) in [6.07, 6.45) is 3.38. The summed E-state index contributed by atoms with van der Waals surface area (Å²) in [5, 5.41) is 2.88. The van der Waals surface area contributed by atoms with Crippen LogP contribution < -0.4 is 11.1 Å². The first-order valence-electron chi connectivity index (χ1n) is 6.30. The quantitative estimate of drug-likeness (QED) is 0.732. The molecule has 1 aromatic carbocycles. The molecule has 0 aliphatic rings. The van der Waals surface area contributed by atoms with E-state index in [1.165, 1.54) is 0 Å². The lowest BCUT2D eigenvalue weighted by Gasteiger charge is -2.11. The maximum atomic E-state index is 12.2. The lowest BCUT2D eigenvalue weighted by molar-refractivity contribution is 0.0938. The molecule has 0 aliphatic carbocycles. The highest BCUT2D eigenvalue weighted by molar-refractivity contribution is 5.94. The standard InChI is InChI=1S/C15H16N4O/c1-11(14-17-8-9-18-14)19-15(20)13-6-2-4-12(10-13)5-3-7-16/h2,4,6,8-11H,7,16H2,1H3,(H,17,18)(H,19,20). The van der Waals surface area contributed by atoms with Gasteiger partial charge in [0.15, 0.2) is 0 Å². The number of aromatic nitrogens is 2. The molecule has 5 heteroatoms. The lowest BCUT2D eigenvalue weighted by Crippen LogP contribution is -2.27. The first kappa shape index (κ1) is 13.8. The smallest absolute Gasteiger partial charge is 0.251 e. The summed E-state index contributed by atoms with van der Waals surface area (Å²) in [6.45, 7) is 2.17. The highest BCUT2D eigenvalue weighted by Crippen LogP contribution is 2.09. The number of aromatic amines is 1. The van der Waals surface area contributed by atoms with Crippen LogP contribution >= 0.6 is 0 Å².